The Hall–Kier alpha value is -3.25. The van der Waals surface area contributed by atoms with Crippen molar-refractivity contribution in [1.82, 2.24) is 0 Å². The Bertz CT molecular complexity index is 1210. The highest BCUT2D eigenvalue weighted by molar-refractivity contribution is 5.90. The van der Waals surface area contributed by atoms with E-state index in [0.29, 0.717) is 29.7 Å². The molecule has 4 rings (SSSR count). The molecule has 3 N–H and O–H groups in total. The molecule has 0 radical (unpaired) electrons. The van der Waals surface area contributed by atoms with Crippen LogP contribution in [0.2, 0.25) is 0 Å². The van der Waals surface area contributed by atoms with Crippen molar-refractivity contribution < 1.29 is 24.5 Å². The van der Waals surface area contributed by atoms with Gasteiger partial charge in [0.05, 0.1) is 11.2 Å². The van der Waals surface area contributed by atoms with E-state index in [4.69, 9.17) is 9.15 Å². The molecule has 2 atom stereocenters. The molecule has 6 heteroatoms. The molecule has 0 saturated heterocycles. The molecular weight excluding hydrogens is 396 g/mol. The highest BCUT2D eigenvalue weighted by atomic mass is 16.5. The quantitative estimate of drug-likeness (QED) is 0.517. The lowest BCUT2D eigenvalue weighted by molar-refractivity contribution is -0.0433. The Labute approximate surface area is 180 Å². The second kappa shape index (κ2) is 7.78. The fourth-order valence-corrected chi connectivity index (χ4v) is 3.97. The number of rotatable bonds is 5. The SMILES string of the molecule is CC(C)=CCCC(C)(O)C1Cc2c(cc3occ(-c4ccc(O)cc4)c(=O)c3c2O)O1. The van der Waals surface area contributed by atoms with Gasteiger partial charge in [-0.1, -0.05) is 23.8 Å². The average Bonchev–Trinajstić information content (AvgIpc) is 3.14. The first kappa shape index (κ1) is 21.0. The van der Waals surface area contributed by atoms with Crippen molar-refractivity contribution in [2.24, 2.45) is 0 Å². The van der Waals surface area contributed by atoms with E-state index in [0.717, 1.165) is 6.42 Å². The Morgan fingerprint density at radius 1 is 1.23 bits per heavy atom. The number of allylic oxidation sites excluding steroid dienone is 2. The maximum Gasteiger partial charge on any atom is 0.204 e. The molecule has 0 amide bonds. The Kier molecular flexibility index (Phi) is 5.27. The van der Waals surface area contributed by atoms with Crippen LogP contribution in [0.1, 0.15) is 39.2 Å². The molecule has 0 saturated carbocycles. The third-order valence-corrected chi connectivity index (χ3v) is 5.84. The van der Waals surface area contributed by atoms with Crippen LogP contribution in [0, 0.1) is 0 Å². The number of ether oxygens (including phenoxy) is 1. The first-order valence-corrected chi connectivity index (χ1v) is 10.3. The zero-order valence-corrected chi connectivity index (χ0v) is 17.8. The largest absolute Gasteiger partial charge is 0.508 e. The molecule has 2 aromatic carbocycles. The van der Waals surface area contributed by atoms with Gasteiger partial charge in [0.15, 0.2) is 0 Å². The lowest BCUT2D eigenvalue weighted by Gasteiger charge is -2.29. The molecule has 1 aromatic heterocycles. The molecule has 2 heterocycles. The summed E-state index contributed by atoms with van der Waals surface area (Å²) in [5.41, 5.74) is 1.29. The molecule has 6 nitrogen and oxygen atoms in total. The van der Waals surface area contributed by atoms with Gasteiger partial charge in [0.25, 0.3) is 0 Å². The van der Waals surface area contributed by atoms with E-state index < -0.39 is 11.7 Å². The zero-order valence-electron chi connectivity index (χ0n) is 17.8. The lowest BCUT2D eigenvalue weighted by Crippen LogP contribution is -2.42. The molecule has 2 unspecified atom stereocenters. The van der Waals surface area contributed by atoms with E-state index in [2.05, 4.69) is 6.08 Å². The minimum absolute atomic E-state index is 0.0813. The van der Waals surface area contributed by atoms with Gasteiger partial charge in [-0.2, -0.15) is 0 Å². The van der Waals surface area contributed by atoms with Gasteiger partial charge in [-0.15, -0.1) is 0 Å². The molecule has 31 heavy (non-hydrogen) atoms. The van der Waals surface area contributed by atoms with Gasteiger partial charge in [0.1, 0.15) is 40.6 Å². The van der Waals surface area contributed by atoms with Gasteiger partial charge >= 0.3 is 0 Å². The smallest absolute Gasteiger partial charge is 0.204 e. The lowest BCUT2D eigenvalue weighted by atomic mass is 9.89. The van der Waals surface area contributed by atoms with Crippen molar-refractivity contribution in [3.05, 3.63) is 64.0 Å². The maximum absolute atomic E-state index is 13.1. The van der Waals surface area contributed by atoms with Gasteiger partial charge < -0.3 is 24.5 Å². The van der Waals surface area contributed by atoms with Gasteiger partial charge in [-0.25, -0.2) is 0 Å². The monoisotopic (exact) mass is 422 g/mol. The summed E-state index contributed by atoms with van der Waals surface area (Å²) >= 11 is 0. The van der Waals surface area contributed by atoms with Crippen molar-refractivity contribution in [3.8, 4) is 28.4 Å². The Balaban J connectivity index is 1.71. The van der Waals surface area contributed by atoms with Crippen molar-refractivity contribution in [1.29, 1.82) is 0 Å². The van der Waals surface area contributed by atoms with Gasteiger partial charge in [0, 0.05) is 18.1 Å². The molecule has 162 valence electrons. The van der Waals surface area contributed by atoms with E-state index in [1.165, 1.54) is 24.0 Å². The summed E-state index contributed by atoms with van der Waals surface area (Å²) in [5.74, 6) is 0.330. The molecule has 1 aliphatic heterocycles. The summed E-state index contributed by atoms with van der Waals surface area (Å²) in [4.78, 5) is 13.1. The number of phenolic OH excluding ortho intramolecular Hbond substituents is 2. The van der Waals surface area contributed by atoms with E-state index in [-0.39, 0.29) is 33.5 Å². The fourth-order valence-electron chi connectivity index (χ4n) is 3.97. The highest BCUT2D eigenvalue weighted by Gasteiger charge is 2.40. The second-order valence-corrected chi connectivity index (χ2v) is 8.59. The summed E-state index contributed by atoms with van der Waals surface area (Å²) in [6.45, 7) is 5.75. The number of aromatic hydroxyl groups is 2. The van der Waals surface area contributed by atoms with Crippen LogP contribution < -0.4 is 10.2 Å². The topological polar surface area (TPSA) is 100 Å². The van der Waals surface area contributed by atoms with E-state index in [1.54, 1.807) is 25.1 Å². The number of hydrogen-bond donors (Lipinski definition) is 3. The van der Waals surface area contributed by atoms with E-state index >= 15 is 0 Å². The highest BCUT2D eigenvalue weighted by Crippen LogP contribution is 2.43. The molecule has 0 aliphatic carbocycles. The number of hydrogen-bond acceptors (Lipinski definition) is 6. The maximum atomic E-state index is 13.1. The average molecular weight is 422 g/mol. The van der Waals surface area contributed by atoms with Gasteiger partial charge in [-0.05, 0) is 51.3 Å². The first-order chi connectivity index (χ1) is 14.7. The number of benzene rings is 2. The van der Waals surface area contributed by atoms with Crippen molar-refractivity contribution >= 4 is 11.0 Å². The van der Waals surface area contributed by atoms with Crippen LogP contribution in [-0.2, 0) is 6.42 Å². The van der Waals surface area contributed by atoms with Crippen LogP contribution in [0.4, 0.5) is 0 Å². The molecule has 0 bridgehead atoms. The first-order valence-electron chi connectivity index (χ1n) is 10.3. The zero-order chi connectivity index (χ0) is 22.3. The Morgan fingerprint density at radius 2 is 1.94 bits per heavy atom. The molecule has 3 aromatic rings. The minimum atomic E-state index is -1.10. The predicted molar refractivity (Wildman–Crippen MR) is 119 cm³/mol. The molecule has 0 fully saturated rings. The summed E-state index contributed by atoms with van der Waals surface area (Å²) < 4.78 is 11.6. The van der Waals surface area contributed by atoms with Gasteiger partial charge in [0.2, 0.25) is 5.43 Å². The fraction of sp³-hybridized carbons (Fsp3) is 0.320. The summed E-state index contributed by atoms with van der Waals surface area (Å²) in [7, 11) is 0. The second-order valence-electron chi connectivity index (χ2n) is 8.59. The van der Waals surface area contributed by atoms with E-state index in [9.17, 15) is 20.1 Å². The van der Waals surface area contributed by atoms with Crippen LogP contribution >= 0.6 is 0 Å². The molecular formula is C25H26O6. The third kappa shape index (κ3) is 3.91. The predicted octanol–water partition coefficient (Wildman–Crippen LogP) is 4.67. The number of fused-ring (bicyclic) bond motifs is 2. The van der Waals surface area contributed by atoms with Gasteiger partial charge in [-0.3, -0.25) is 4.79 Å². The van der Waals surface area contributed by atoms with Crippen LogP contribution in [-0.4, -0.2) is 27.0 Å². The minimum Gasteiger partial charge on any atom is -0.508 e. The normalized spacial score (nSPS) is 17.1. The molecule has 0 spiro atoms. The summed E-state index contributed by atoms with van der Waals surface area (Å²) in [6.07, 6.45) is 4.39. The van der Waals surface area contributed by atoms with E-state index in [1.807, 2.05) is 13.8 Å². The standard InChI is InChI=1S/C25H26O6/c1-14(2)5-4-10-25(3,29)21-11-17-19(31-21)12-20-22(23(17)27)24(28)18(13-30-20)15-6-8-16(26)9-7-15/h5-9,12-13,21,26-27,29H,4,10-11H2,1-3H3. The summed E-state index contributed by atoms with van der Waals surface area (Å²) in [5, 5.41) is 31.5. The van der Waals surface area contributed by atoms with Crippen LogP contribution in [0.15, 0.2) is 57.5 Å². The number of aliphatic hydroxyl groups is 1. The van der Waals surface area contributed by atoms with Crippen LogP contribution in [0.5, 0.6) is 17.2 Å². The number of phenols is 2. The van der Waals surface area contributed by atoms with Crippen LogP contribution in [0.25, 0.3) is 22.1 Å². The third-order valence-electron chi connectivity index (χ3n) is 5.84. The molecule has 1 aliphatic rings. The van der Waals surface area contributed by atoms with Crippen LogP contribution in [0.3, 0.4) is 0 Å². The Morgan fingerprint density at radius 3 is 2.61 bits per heavy atom. The van der Waals surface area contributed by atoms with Crippen molar-refractivity contribution in [3.63, 3.8) is 0 Å². The summed E-state index contributed by atoms with van der Waals surface area (Å²) in [6, 6.07) is 7.79. The van der Waals surface area contributed by atoms with Crippen molar-refractivity contribution in [2.75, 3.05) is 0 Å². The van der Waals surface area contributed by atoms with Crippen molar-refractivity contribution in [2.45, 2.75) is 51.7 Å².